The molecule has 116 valence electrons. The molecule has 1 aliphatic heterocycles. The molecule has 0 aromatic carbocycles. The first-order valence-corrected chi connectivity index (χ1v) is 7.21. The molecule has 4 atom stereocenters. The monoisotopic (exact) mass is 296 g/mol. The topological polar surface area (TPSA) is 107 Å². The van der Waals surface area contributed by atoms with Crippen molar-refractivity contribution in [1.82, 2.24) is 4.90 Å². The van der Waals surface area contributed by atoms with Crippen molar-refractivity contribution in [2.75, 3.05) is 0 Å². The number of likely N-dealkylation sites (tertiary alicyclic amines) is 1. The van der Waals surface area contributed by atoms with Crippen molar-refractivity contribution in [2.45, 2.75) is 51.7 Å². The van der Waals surface area contributed by atoms with Gasteiger partial charge in [0.1, 0.15) is 6.04 Å². The molecule has 1 saturated heterocycles. The van der Waals surface area contributed by atoms with Gasteiger partial charge in [0.05, 0.1) is 11.8 Å². The number of hydrogen-bond donors (Lipinski definition) is 1. The first-order valence-electron chi connectivity index (χ1n) is 7.21. The minimum absolute atomic E-state index is 0.305. The van der Waals surface area contributed by atoms with Crippen LogP contribution in [-0.2, 0) is 23.9 Å². The smallest absolute Gasteiger partial charge is 0.329 e. The second-order valence-corrected chi connectivity index (χ2v) is 5.70. The number of esters is 1. The lowest BCUT2D eigenvalue weighted by molar-refractivity contribution is -0.163. The van der Waals surface area contributed by atoms with Crippen molar-refractivity contribution in [3.63, 3.8) is 0 Å². The molecule has 0 aromatic rings. The highest BCUT2D eigenvalue weighted by molar-refractivity contribution is 6.07. The molecule has 0 unspecified atom stereocenters. The zero-order valence-corrected chi connectivity index (χ0v) is 12.2. The van der Waals surface area contributed by atoms with Crippen molar-refractivity contribution >= 4 is 23.7 Å². The van der Waals surface area contributed by atoms with Gasteiger partial charge in [-0.15, -0.1) is 0 Å². The van der Waals surface area contributed by atoms with Crippen LogP contribution in [0.5, 0.6) is 0 Å². The van der Waals surface area contributed by atoms with E-state index in [9.17, 15) is 19.2 Å². The van der Waals surface area contributed by atoms with Gasteiger partial charge in [0, 0.05) is 0 Å². The Bertz CT molecular complexity index is 466. The van der Waals surface area contributed by atoms with Crippen molar-refractivity contribution in [3.8, 4) is 0 Å². The van der Waals surface area contributed by atoms with Gasteiger partial charge in [0.2, 0.25) is 11.8 Å². The third-order valence-electron chi connectivity index (χ3n) is 4.30. The number of primary amides is 1. The number of hydrogen-bond acceptors (Lipinski definition) is 5. The lowest BCUT2D eigenvalue weighted by Crippen LogP contribution is -2.46. The summed E-state index contributed by atoms with van der Waals surface area (Å²) in [5, 5.41) is 0. The van der Waals surface area contributed by atoms with Crippen molar-refractivity contribution in [3.05, 3.63) is 0 Å². The molecule has 21 heavy (non-hydrogen) atoms. The molecule has 0 spiro atoms. The Balaban J connectivity index is 2.09. The molecule has 3 amide bonds. The van der Waals surface area contributed by atoms with Gasteiger partial charge in [0.15, 0.2) is 6.10 Å². The number of carbonyl (C=O) groups excluding carboxylic acids is 4. The van der Waals surface area contributed by atoms with E-state index in [0.29, 0.717) is 12.8 Å². The number of imide groups is 1. The quantitative estimate of drug-likeness (QED) is 0.579. The third-order valence-corrected chi connectivity index (χ3v) is 4.30. The van der Waals surface area contributed by atoms with E-state index in [1.54, 1.807) is 0 Å². The van der Waals surface area contributed by atoms with Crippen LogP contribution in [0.2, 0.25) is 0 Å². The predicted molar refractivity (Wildman–Crippen MR) is 71.5 cm³/mol. The lowest BCUT2D eigenvalue weighted by atomic mass is 9.81. The van der Waals surface area contributed by atoms with E-state index in [-0.39, 0.29) is 23.7 Å². The second kappa shape index (κ2) is 5.83. The minimum atomic E-state index is -1.09. The highest BCUT2D eigenvalue weighted by Crippen LogP contribution is 2.38. The average molecular weight is 296 g/mol. The Morgan fingerprint density at radius 3 is 2.05 bits per heavy atom. The minimum Gasteiger partial charge on any atom is -0.451 e. The SMILES string of the molecule is C[C@H](OC(=O)[C@H](C)N1C(=O)[C@H]2CCCC[C@@H]2C1=O)C(N)=O. The van der Waals surface area contributed by atoms with Crippen molar-refractivity contribution in [2.24, 2.45) is 17.6 Å². The number of carbonyl (C=O) groups is 4. The summed E-state index contributed by atoms with van der Waals surface area (Å²) in [5.74, 6) is -2.79. The predicted octanol–water partition coefficient (Wildman–Crippen LogP) is -0.0329. The molecule has 1 aliphatic carbocycles. The molecule has 7 heteroatoms. The second-order valence-electron chi connectivity index (χ2n) is 5.70. The van der Waals surface area contributed by atoms with Crippen molar-refractivity contribution < 1.29 is 23.9 Å². The fourth-order valence-corrected chi connectivity index (χ4v) is 3.01. The molecule has 0 bridgehead atoms. The lowest BCUT2D eigenvalue weighted by Gasteiger charge is -2.22. The summed E-state index contributed by atoms with van der Waals surface area (Å²) in [4.78, 5) is 48.5. The van der Waals surface area contributed by atoms with E-state index >= 15 is 0 Å². The van der Waals surface area contributed by atoms with Crippen LogP contribution >= 0.6 is 0 Å². The highest BCUT2D eigenvalue weighted by atomic mass is 16.5. The number of nitrogens with zero attached hydrogens (tertiary/aromatic N) is 1. The van der Waals surface area contributed by atoms with E-state index in [0.717, 1.165) is 17.7 Å². The van der Waals surface area contributed by atoms with Gasteiger partial charge in [-0.2, -0.15) is 0 Å². The van der Waals surface area contributed by atoms with Crippen LogP contribution < -0.4 is 5.73 Å². The first kappa shape index (κ1) is 15.5. The fraction of sp³-hybridized carbons (Fsp3) is 0.714. The van der Waals surface area contributed by atoms with E-state index in [1.807, 2.05) is 0 Å². The number of ether oxygens (including phenoxy) is 1. The largest absolute Gasteiger partial charge is 0.451 e. The summed E-state index contributed by atoms with van der Waals surface area (Å²) in [5.41, 5.74) is 5.02. The summed E-state index contributed by atoms with van der Waals surface area (Å²) in [6, 6.07) is -1.03. The summed E-state index contributed by atoms with van der Waals surface area (Å²) < 4.78 is 4.88. The summed E-state index contributed by atoms with van der Waals surface area (Å²) in [6.45, 7) is 2.78. The Hall–Kier alpha value is -1.92. The molecular formula is C14H20N2O5. The Labute approximate surface area is 122 Å². The Kier molecular flexibility index (Phi) is 4.29. The van der Waals surface area contributed by atoms with Crippen LogP contribution in [0.3, 0.4) is 0 Å². The third kappa shape index (κ3) is 2.77. The van der Waals surface area contributed by atoms with Crippen molar-refractivity contribution in [1.29, 1.82) is 0 Å². The standard InChI is InChI=1S/C14H20N2O5/c1-7(14(20)21-8(2)11(15)17)16-12(18)9-5-3-4-6-10(9)13(16)19/h7-10H,3-6H2,1-2H3,(H2,15,17)/t7-,8-,9-,10-/m0/s1. The molecular weight excluding hydrogens is 276 g/mol. The van der Waals surface area contributed by atoms with Crippen LogP contribution in [0.15, 0.2) is 0 Å². The molecule has 2 N–H and O–H groups in total. The maximum atomic E-state index is 12.3. The van der Waals surface area contributed by atoms with Gasteiger partial charge in [-0.1, -0.05) is 12.8 Å². The molecule has 0 aromatic heterocycles. The molecule has 0 radical (unpaired) electrons. The van der Waals surface area contributed by atoms with E-state index in [4.69, 9.17) is 10.5 Å². The van der Waals surface area contributed by atoms with Gasteiger partial charge < -0.3 is 10.5 Å². The summed E-state index contributed by atoms with van der Waals surface area (Å²) in [7, 11) is 0. The van der Waals surface area contributed by atoms with Crippen LogP contribution in [-0.4, -0.2) is 40.7 Å². The van der Waals surface area contributed by atoms with Gasteiger partial charge in [0.25, 0.3) is 5.91 Å². The van der Waals surface area contributed by atoms with Crippen LogP contribution in [0.25, 0.3) is 0 Å². The molecule has 2 aliphatic rings. The van der Waals surface area contributed by atoms with Crippen LogP contribution in [0.1, 0.15) is 39.5 Å². The van der Waals surface area contributed by atoms with Crippen LogP contribution in [0, 0.1) is 11.8 Å². The molecule has 2 fully saturated rings. The van der Waals surface area contributed by atoms with Gasteiger partial charge >= 0.3 is 5.97 Å². The molecule has 1 heterocycles. The van der Waals surface area contributed by atoms with Gasteiger partial charge in [-0.25, -0.2) is 4.79 Å². The first-order chi connectivity index (χ1) is 9.84. The van der Waals surface area contributed by atoms with Gasteiger partial charge in [-0.3, -0.25) is 19.3 Å². The molecule has 2 rings (SSSR count). The number of rotatable bonds is 4. The zero-order valence-electron chi connectivity index (χ0n) is 12.2. The molecule has 1 saturated carbocycles. The van der Waals surface area contributed by atoms with E-state index in [1.165, 1.54) is 13.8 Å². The number of fused-ring (bicyclic) bond motifs is 1. The normalized spacial score (nSPS) is 28.0. The number of nitrogens with two attached hydrogens (primary N) is 1. The van der Waals surface area contributed by atoms with E-state index < -0.39 is 24.0 Å². The Morgan fingerprint density at radius 2 is 1.62 bits per heavy atom. The Morgan fingerprint density at radius 1 is 1.14 bits per heavy atom. The maximum Gasteiger partial charge on any atom is 0.329 e. The highest BCUT2D eigenvalue weighted by Gasteiger charge is 2.51. The van der Waals surface area contributed by atoms with E-state index in [2.05, 4.69) is 0 Å². The zero-order chi connectivity index (χ0) is 15.7. The summed E-state index contributed by atoms with van der Waals surface area (Å²) >= 11 is 0. The average Bonchev–Trinajstić information content (AvgIpc) is 2.70. The fourth-order valence-electron chi connectivity index (χ4n) is 3.01. The van der Waals surface area contributed by atoms with Gasteiger partial charge in [-0.05, 0) is 26.7 Å². The summed E-state index contributed by atoms with van der Waals surface area (Å²) in [6.07, 6.45) is 2.13. The van der Waals surface area contributed by atoms with Crippen LogP contribution in [0.4, 0.5) is 0 Å². The molecule has 7 nitrogen and oxygen atoms in total. The maximum absolute atomic E-state index is 12.3. The number of amides is 3.